The van der Waals surface area contributed by atoms with Crippen LogP contribution in [0.3, 0.4) is 0 Å². The standard InChI is InChI=1S/C15H10BrClF2O2/c1-8(21-14-6-9(16)2-5-12(14)17)15(20)11-4-3-10(18)7-13(11)19/h2-8H,1H3. The van der Waals surface area contributed by atoms with Crippen LogP contribution < -0.4 is 4.74 Å². The molecule has 2 rings (SSSR count). The number of halogens is 4. The molecule has 1 unspecified atom stereocenters. The molecule has 0 aliphatic rings. The lowest BCUT2D eigenvalue weighted by molar-refractivity contribution is 0.0814. The van der Waals surface area contributed by atoms with Crippen LogP contribution in [0.15, 0.2) is 40.9 Å². The summed E-state index contributed by atoms with van der Waals surface area (Å²) in [7, 11) is 0. The van der Waals surface area contributed by atoms with Crippen LogP contribution in [0.4, 0.5) is 8.78 Å². The molecule has 0 saturated carbocycles. The predicted octanol–water partition coefficient (Wildman–Crippen LogP) is 5.03. The van der Waals surface area contributed by atoms with E-state index in [2.05, 4.69) is 15.9 Å². The number of ether oxygens (including phenoxy) is 1. The van der Waals surface area contributed by atoms with E-state index in [-0.39, 0.29) is 5.56 Å². The number of hydrogen-bond acceptors (Lipinski definition) is 2. The van der Waals surface area contributed by atoms with Crippen molar-refractivity contribution in [2.24, 2.45) is 0 Å². The molecule has 1 atom stereocenters. The van der Waals surface area contributed by atoms with E-state index in [0.717, 1.165) is 16.6 Å². The fraction of sp³-hybridized carbons (Fsp3) is 0.133. The molecule has 21 heavy (non-hydrogen) atoms. The van der Waals surface area contributed by atoms with E-state index in [1.54, 1.807) is 18.2 Å². The third-order valence-electron chi connectivity index (χ3n) is 2.76. The van der Waals surface area contributed by atoms with E-state index in [4.69, 9.17) is 16.3 Å². The minimum absolute atomic E-state index is 0.227. The van der Waals surface area contributed by atoms with Crippen molar-refractivity contribution < 1.29 is 18.3 Å². The molecule has 0 saturated heterocycles. The van der Waals surface area contributed by atoms with E-state index in [0.29, 0.717) is 16.8 Å². The quantitative estimate of drug-likeness (QED) is 0.701. The summed E-state index contributed by atoms with van der Waals surface area (Å²) in [6.45, 7) is 1.47. The Morgan fingerprint density at radius 3 is 2.62 bits per heavy atom. The average Bonchev–Trinajstić information content (AvgIpc) is 2.42. The lowest BCUT2D eigenvalue weighted by atomic mass is 10.1. The first-order chi connectivity index (χ1) is 9.88. The highest BCUT2D eigenvalue weighted by atomic mass is 79.9. The molecular formula is C15H10BrClF2O2. The first kappa shape index (κ1) is 15.9. The SMILES string of the molecule is CC(Oc1cc(Br)ccc1Cl)C(=O)c1ccc(F)cc1F. The smallest absolute Gasteiger partial charge is 0.205 e. The Hall–Kier alpha value is -1.46. The lowest BCUT2D eigenvalue weighted by Crippen LogP contribution is -2.25. The number of ketones is 1. The molecule has 0 fully saturated rings. The van der Waals surface area contributed by atoms with E-state index < -0.39 is 23.5 Å². The zero-order chi connectivity index (χ0) is 15.6. The Morgan fingerprint density at radius 1 is 1.24 bits per heavy atom. The van der Waals surface area contributed by atoms with Gasteiger partial charge in [0.1, 0.15) is 17.4 Å². The molecule has 0 bridgehead atoms. The molecule has 2 aromatic carbocycles. The molecule has 0 spiro atoms. The highest BCUT2D eigenvalue weighted by molar-refractivity contribution is 9.10. The van der Waals surface area contributed by atoms with Gasteiger partial charge in [0.15, 0.2) is 6.10 Å². The second kappa shape index (κ2) is 6.54. The van der Waals surface area contributed by atoms with Gasteiger partial charge >= 0.3 is 0 Å². The molecule has 0 heterocycles. The fourth-order valence-corrected chi connectivity index (χ4v) is 2.22. The normalized spacial score (nSPS) is 12.0. The van der Waals surface area contributed by atoms with E-state index >= 15 is 0 Å². The van der Waals surface area contributed by atoms with Crippen molar-refractivity contribution in [1.82, 2.24) is 0 Å². The summed E-state index contributed by atoms with van der Waals surface area (Å²) >= 11 is 9.22. The van der Waals surface area contributed by atoms with E-state index in [9.17, 15) is 13.6 Å². The maximum atomic E-state index is 13.6. The summed E-state index contributed by atoms with van der Waals surface area (Å²) in [6.07, 6.45) is -0.961. The molecule has 2 aromatic rings. The molecule has 0 aromatic heterocycles. The van der Waals surface area contributed by atoms with Gasteiger partial charge in [0.2, 0.25) is 5.78 Å². The molecular weight excluding hydrogens is 366 g/mol. The lowest BCUT2D eigenvalue weighted by Gasteiger charge is -2.15. The molecule has 0 radical (unpaired) electrons. The molecule has 0 amide bonds. The monoisotopic (exact) mass is 374 g/mol. The maximum Gasteiger partial charge on any atom is 0.205 e. The second-order valence-corrected chi connectivity index (χ2v) is 5.65. The van der Waals surface area contributed by atoms with Gasteiger partial charge in [-0.25, -0.2) is 8.78 Å². The Labute approximate surface area is 133 Å². The zero-order valence-electron chi connectivity index (χ0n) is 10.9. The summed E-state index contributed by atoms with van der Waals surface area (Å²) in [5.74, 6) is -1.96. The van der Waals surface area contributed by atoms with Crippen molar-refractivity contribution >= 4 is 33.3 Å². The number of benzene rings is 2. The van der Waals surface area contributed by atoms with Gasteiger partial charge in [0.05, 0.1) is 10.6 Å². The number of carbonyl (C=O) groups excluding carboxylic acids is 1. The largest absolute Gasteiger partial charge is 0.481 e. The topological polar surface area (TPSA) is 26.3 Å². The summed E-state index contributed by atoms with van der Waals surface area (Å²) in [4.78, 5) is 12.1. The van der Waals surface area contributed by atoms with Crippen LogP contribution in [-0.4, -0.2) is 11.9 Å². The van der Waals surface area contributed by atoms with Gasteiger partial charge in [-0.3, -0.25) is 4.79 Å². The number of carbonyl (C=O) groups is 1. The Balaban J connectivity index is 2.21. The minimum Gasteiger partial charge on any atom is -0.481 e. The number of Topliss-reactive ketones (excluding diaryl/α,β-unsaturated/α-hetero) is 1. The van der Waals surface area contributed by atoms with E-state index in [1.165, 1.54) is 6.92 Å². The minimum atomic E-state index is -0.961. The Bertz CT molecular complexity index is 691. The van der Waals surface area contributed by atoms with Gasteiger partial charge in [0.25, 0.3) is 0 Å². The van der Waals surface area contributed by atoms with E-state index in [1.807, 2.05) is 0 Å². The third kappa shape index (κ3) is 3.80. The first-order valence-corrected chi connectivity index (χ1v) is 7.16. The average molecular weight is 376 g/mol. The summed E-state index contributed by atoms with van der Waals surface area (Å²) in [6, 6.07) is 7.71. The highest BCUT2D eigenvalue weighted by Crippen LogP contribution is 2.29. The molecule has 110 valence electrons. The van der Waals surface area contributed by atoms with Crippen LogP contribution in [0.2, 0.25) is 5.02 Å². The van der Waals surface area contributed by atoms with Gasteiger partial charge in [-0.05, 0) is 37.3 Å². The summed E-state index contributed by atoms with van der Waals surface area (Å²) in [5.41, 5.74) is -0.227. The molecule has 0 aliphatic carbocycles. The molecule has 6 heteroatoms. The van der Waals surface area contributed by atoms with Crippen LogP contribution in [0, 0.1) is 11.6 Å². The van der Waals surface area contributed by atoms with Crippen LogP contribution in [-0.2, 0) is 0 Å². The number of hydrogen-bond donors (Lipinski definition) is 0. The number of rotatable bonds is 4. The van der Waals surface area contributed by atoms with Gasteiger partial charge in [-0.15, -0.1) is 0 Å². The highest BCUT2D eigenvalue weighted by Gasteiger charge is 2.21. The van der Waals surface area contributed by atoms with Crippen molar-refractivity contribution in [3.8, 4) is 5.75 Å². The van der Waals surface area contributed by atoms with Gasteiger partial charge < -0.3 is 4.74 Å². The van der Waals surface area contributed by atoms with Crippen molar-refractivity contribution in [2.75, 3.05) is 0 Å². The van der Waals surface area contributed by atoms with Crippen molar-refractivity contribution in [2.45, 2.75) is 13.0 Å². The maximum absolute atomic E-state index is 13.6. The van der Waals surface area contributed by atoms with Crippen molar-refractivity contribution in [3.05, 3.63) is 63.1 Å². The Kier molecular flexibility index (Phi) is 4.96. The fourth-order valence-electron chi connectivity index (χ4n) is 1.72. The Morgan fingerprint density at radius 2 is 1.95 bits per heavy atom. The molecule has 0 N–H and O–H groups in total. The first-order valence-electron chi connectivity index (χ1n) is 5.99. The van der Waals surface area contributed by atoms with Crippen LogP contribution in [0.1, 0.15) is 17.3 Å². The summed E-state index contributed by atoms with van der Waals surface area (Å²) < 4.78 is 32.6. The molecule has 0 aliphatic heterocycles. The summed E-state index contributed by atoms with van der Waals surface area (Å²) in [5, 5.41) is 0.331. The van der Waals surface area contributed by atoms with Gasteiger partial charge in [-0.1, -0.05) is 27.5 Å². The van der Waals surface area contributed by atoms with Crippen LogP contribution in [0.5, 0.6) is 5.75 Å². The van der Waals surface area contributed by atoms with Crippen molar-refractivity contribution in [1.29, 1.82) is 0 Å². The third-order valence-corrected chi connectivity index (χ3v) is 3.57. The van der Waals surface area contributed by atoms with Crippen LogP contribution in [0.25, 0.3) is 0 Å². The van der Waals surface area contributed by atoms with Gasteiger partial charge in [0, 0.05) is 10.5 Å². The zero-order valence-corrected chi connectivity index (χ0v) is 13.2. The second-order valence-electron chi connectivity index (χ2n) is 4.32. The van der Waals surface area contributed by atoms with Crippen molar-refractivity contribution in [3.63, 3.8) is 0 Å². The molecule has 2 nitrogen and oxygen atoms in total. The van der Waals surface area contributed by atoms with Crippen LogP contribution >= 0.6 is 27.5 Å². The van der Waals surface area contributed by atoms with Gasteiger partial charge in [-0.2, -0.15) is 0 Å². The predicted molar refractivity (Wildman–Crippen MR) is 79.9 cm³/mol.